The first-order valence-corrected chi connectivity index (χ1v) is 8.24. The molecular weight excluding hydrogens is 358 g/mol. The van der Waals surface area contributed by atoms with Crippen LogP contribution < -0.4 is 10.6 Å². The molecule has 0 saturated heterocycles. The third-order valence-electron chi connectivity index (χ3n) is 2.29. The first-order chi connectivity index (χ1) is 9.71. The summed E-state index contributed by atoms with van der Waals surface area (Å²) in [6.07, 6.45) is 2.29. The molecule has 118 valence electrons. The van der Waals surface area contributed by atoms with Crippen molar-refractivity contribution < 1.29 is 14.3 Å². The maximum absolute atomic E-state index is 12.2. The summed E-state index contributed by atoms with van der Waals surface area (Å²) in [5.74, 6) is -0.301. The van der Waals surface area contributed by atoms with Gasteiger partial charge in [0.2, 0.25) is 5.91 Å². The van der Waals surface area contributed by atoms with Gasteiger partial charge in [-0.05, 0) is 43.1 Å². The summed E-state index contributed by atoms with van der Waals surface area (Å²) < 4.78 is 5.99. The molecule has 1 atom stereocenters. The molecule has 0 radical (unpaired) electrons. The van der Waals surface area contributed by atoms with Crippen molar-refractivity contribution in [3.05, 3.63) is 9.98 Å². The molecule has 0 aliphatic carbocycles. The van der Waals surface area contributed by atoms with Crippen LogP contribution in [0, 0.1) is 0 Å². The SMILES string of the molecule is CCCC(NC(=O)OC(C)(C)C)C(=O)Nc1ncc(Br)s1. The molecule has 2 N–H and O–H groups in total. The van der Waals surface area contributed by atoms with E-state index in [-0.39, 0.29) is 5.91 Å². The molecule has 0 aliphatic rings. The van der Waals surface area contributed by atoms with Crippen molar-refractivity contribution in [1.82, 2.24) is 10.3 Å². The van der Waals surface area contributed by atoms with E-state index in [1.54, 1.807) is 27.0 Å². The van der Waals surface area contributed by atoms with E-state index in [0.29, 0.717) is 11.6 Å². The lowest BCUT2D eigenvalue weighted by Gasteiger charge is -2.22. The van der Waals surface area contributed by atoms with E-state index in [2.05, 4.69) is 31.5 Å². The van der Waals surface area contributed by atoms with E-state index in [9.17, 15) is 9.59 Å². The minimum atomic E-state index is -0.646. The Hall–Kier alpha value is -1.15. The number of aromatic nitrogens is 1. The molecule has 6 nitrogen and oxygen atoms in total. The van der Waals surface area contributed by atoms with Crippen molar-refractivity contribution in [3.8, 4) is 0 Å². The van der Waals surface area contributed by atoms with Crippen LogP contribution in [-0.2, 0) is 9.53 Å². The van der Waals surface area contributed by atoms with Gasteiger partial charge in [-0.3, -0.25) is 4.79 Å². The van der Waals surface area contributed by atoms with E-state index in [4.69, 9.17) is 4.74 Å². The van der Waals surface area contributed by atoms with Gasteiger partial charge in [0.15, 0.2) is 5.13 Å². The molecule has 1 aromatic heterocycles. The average Bonchev–Trinajstić information content (AvgIpc) is 2.71. The quantitative estimate of drug-likeness (QED) is 0.821. The number of carbonyl (C=O) groups excluding carboxylic acids is 2. The highest BCUT2D eigenvalue weighted by Gasteiger charge is 2.24. The van der Waals surface area contributed by atoms with Crippen molar-refractivity contribution in [2.75, 3.05) is 5.32 Å². The number of hydrogen-bond donors (Lipinski definition) is 2. The number of amides is 2. The highest BCUT2D eigenvalue weighted by Crippen LogP contribution is 2.23. The summed E-state index contributed by atoms with van der Waals surface area (Å²) in [7, 11) is 0. The maximum Gasteiger partial charge on any atom is 0.408 e. The van der Waals surface area contributed by atoms with Gasteiger partial charge in [0, 0.05) is 0 Å². The van der Waals surface area contributed by atoms with E-state index in [1.165, 1.54) is 11.3 Å². The Morgan fingerprint density at radius 1 is 1.48 bits per heavy atom. The van der Waals surface area contributed by atoms with Crippen LogP contribution in [0.4, 0.5) is 9.93 Å². The fourth-order valence-electron chi connectivity index (χ4n) is 1.51. The number of thiazole rings is 1. The molecule has 1 heterocycles. The Morgan fingerprint density at radius 2 is 2.14 bits per heavy atom. The summed E-state index contributed by atoms with van der Waals surface area (Å²) in [5.41, 5.74) is -0.600. The summed E-state index contributed by atoms with van der Waals surface area (Å²) in [5, 5.41) is 5.76. The largest absolute Gasteiger partial charge is 0.444 e. The topological polar surface area (TPSA) is 80.3 Å². The number of carbonyl (C=O) groups is 2. The third-order valence-corrected chi connectivity index (χ3v) is 3.68. The maximum atomic E-state index is 12.2. The second-order valence-corrected chi connectivity index (χ2v) is 7.86. The van der Waals surface area contributed by atoms with E-state index in [0.717, 1.165) is 10.2 Å². The van der Waals surface area contributed by atoms with Gasteiger partial charge in [0.05, 0.1) is 9.98 Å². The second kappa shape index (κ2) is 7.74. The van der Waals surface area contributed by atoms with Crippen LogP contribution in [0.2, 0.25) is 0 Å². The van der Waals surface area contributed by atoms with Gasteiger partial charge in [-0.25, -0.2) is 9.78 Å². The van der Waals surface area contributed by atoms with Gasteiger partial charge >= 0.3 is 6.09 Å². The molecule has 1 rings (SSSR count). The van der Waals surface area contributed by atoms with Crippen molar-refractivity contribution in [2.45, 2.75) is 52.2 Å². The highest BCUT2D eigenvalue weighted by atomic mass is 79.9. The lowest BCUT2D eigenvalue weighted by molar-refractivity contribution is -0.118. The molecular formula is C13H20BrN3O3S. The van der Waals surface area contributed by atoms with Crippen molar-refractivity contribution in [1.29, 1.82) is 0 Å². The molecule has 0 aliphatic heterocycles. The fraction of sp³-hybridized carbons (Fsp3) is 0.615. The van der Waals surface area contributed by atoms with Crippen LogP contribution in [0.1, 0.15) is 40.5 Å². The van der Waals surface area contributed by atoms with Crippen molar-refractivity contribution >= 4 is 44.4 Å². The molecule has 2 amide bonds. The van der Waals surface area contributed by atoms with E-state index < -0.39 is 17.7 Å². The van der Waals surface area contributed by atoms with Crippen LogP contribution in [0.15, 0.2) is 9.98 Å². The van der Waals surface area contributed by atoms with Crippen LogP contribution in [0.25, 0.3) is 0 Å². The highest BCUT2D eigenvalue weighted by molar-refractivity contribution is 9.11. The van der Waals surface area contributed by atoms with Gasteiger partial charge in [-0.2, -0.15) is 0 Å². The van der Waals surface area contributed by atoms with Crippen LogP contribution in [-0.4, -0.2) is 28.6 Å². The first-order valence-electron chi connectivity index (χ1n) is 6.63. The summed E-state index contributed by atoms with van der Waals surface area (Å²) >= 11 is 4.59. The lowest BCUT2D eigenvalue weighted by atomic mass is 10.1. The first kappa shape index (κ1) is 17.9. The Balaban J connectivity index is 2.63. The van der Waals surface area contributed by atoms with Crippen molar-refractivity contribution in [3.63, 3.8) is 0 Å². The Bertz CT molecular complexity index is 499. The van der Waals surface area contributed by atoms with Gasteiger partial charge in [0.1, 0.15) is 11.6 Å². The van der Waals surface area contributed by atoms with E-state index >= 15 is 0 Å². The summed E-state index contributed by atoms with van der Waals surface area (Å²) in [4.78, 5) is 28.0. The van der Waals surface area contributed by atoms with Crippen LogP contribution in [0.3, 0.4) is 0 Å². The number of anilines is 1. The molecule has 0 aromatic carbocycles. The third kappa shape index (κ3) is 6.90. The molecule has 0 saturated carbocycles. The Kier molecular flexibility index (Phi) is 6.60. The van der Waals surface area contributed by atoms with Gasteiger partial charge < -0.3 is 15.4 Å². The summed E-state index contributed by atoms with van der Waals surface area (Å²) in [6.45, 7) is 7.26. The number of nitrogens with one attached hydrogen (secondary N) is 2. The zero-order chi connectivity index (χ0) is 16.0. The normalized spacial score (nSPS) is 12.6. The van der Waals surface area contributed by atoms with Gasteiger partial charge in [-0.15, -0.1) is 0 Å². The zero-order valence-electron chi connectivity index (χ0n) is 12.5. The minimum absolute atomic E-state index is 0.301. The molecule has 1 aromatic rings. The number of rotatable bonds is 5. The Labute approximate surface area is 136 Å². The standard InChI is InChI=1S/C13H20BrN3O3S/c1-5-6-8(16-12(19)20-13(2,3)4)10(18)17-11-15-7-9(14)21-11/h7-8H,5-6H2,1-4H3,(H,16,19)(H,15,17,18). The van der Waals surface area contributed by atoms with Crippen molar-refractivity contribution in [2.24, 2.45) is 0 Å². The molecule has 21 heavy (non-hydrogen) atoms. The number of hydrogen-bond acceptors (Lipinski definition) is 5. The number of nitrogens with zero attached hydrogens (tertiary/aromatic N) is 1. The van der Waals surface area contributed by atoms with Crippen LogP contribution in [0.5, 0.6) is 0 Å². The second-order valence-electron chi connectivity index (χ2n) is 5.45. The predicted molar refractivity (Wildman–Crippen MR) is 86.5 cm³/mol. The molecule has 0 spiro atoms. The number of ether oxygens (including phenoxy) is 1. The molecule has 8 heteroatoms. The van der Waals surface area contributed by atoms with E-state index in [1.807, 2.05) is 6.92 Å². The Morgan fingerprint density at radius 3 is 2.62 bits per heavy atom. The van der Waals surface area contributed by atoms with Gasteiger partial charge in [-0.1, -0.05) is 24.7 Å². The molecule has 1 unspecified atom stereocenters. The predicted octanol–water partition coefficient (Wildman–Crippen LogP) is 3.54. The summed E-state index contributed by atoms with van der Waals surface area (Å²) in [6, 6.07) is -0.646. The monoisotopic (exact) mass is 377 g/mol. The van der Waals surface area contributed by atoms with Gasteiger partial charge in [0.25, 0.3) is 0 Å². The average molecular weight is 378 g/mol. The number of alkyl carbamates (subject to hydrolysis) is 1. The zero-order valence-corrected chi connectivity index (χ0v) is 14.9. The smallest absolute Gasteiger partial charge is 0.408 e. The number of halogens is 1. The fourth-order valence-corrected chi connectivity index (χ4v) is 2.62. The molecule has 0 bridgehead atoms. The lowest BCUT2D eigenvalue weighted by Crippen LogP contribution is -2.45. The van der Waals surface area contributed by atoms with Crippen LogP contribution >= 0.6 is 27.3 Å². The molecule has 0 fully saturated rings. The minimum Gasteiger partial charge on any atom is -0.444 e.